The lowest BCUT2D eigenvalue weighted by Gasteiger charge is -2.36. The molecule has 0 spiro atoms. The molecule has 1 N–H and O–H groups in total. The molecular formula is C24H23ClN4O4S. The molecule has 0 aliphatic carbocycles. The van der Waals surface area contributed by atoms with E-state index in [1.54, 1.807) is 29.2 Å². The Morgan fingerprint density at radius 1 is 0.941 bits per heavy atom. The van der Waals surface area contributed by atoms with E-state index in [2.05, 4.69) is 10.2 Å². The van der Waals surface area contributed by atoms with Crippen LogP contribution in [0.3, 0.4) is 0 Å². The SMILES string of the molecule is O=C(CN1c2cccc3cccc(c23)S1(=O)=O)NCC(=O)N1CCN(c2cccc(Cl)c2)CC1. The van der Waals surface area contributed by atoms with E-state index in [-0.39, 0.29) is 23.9 Å². The molecule has 10 heteroatoms. The number of nitrogens with one attached hydrogen (secondary N) is 1. The van der Waals surface area contributed by atoms with Gasteiger partial charge in [0.05, 0.1) is 17.1 Å². The third-order valence-electron chi connectivity index (χ3n) is 6.21. The summed E-state index contributed by atoms with van der Waals surface area (Å²) >= 11 is 6.07. The number of carbonyl (C=O) groups excluding carboxylic acids is 2. The first-order valence-corrected chi connectivity index (χ1v) is 12.8. The van der Waals surface area contributed by atoms with Crippen LogP contribution in [0.4, 0.5) is 11.4 Å². The Kier molecular flexibility index (Phi) is 5.83. The molecule has 1 fully saturated rings. The minimum Gasteiger partial charge on any atom is -0.368 e. The maximum Gasteiger partial charge on any atom is 0.265 e. The summed E-state index contributed by atoms with van der Waals surface area (Å²) in [7, 11) is -3.83. The van der Waals surface area contributed by atoms with Crippen molar-refractivity contribution in [3.05, 3.63) is 65.7 Å². The third kappa shape index (κ3) is 4.05. The molecule has 2 heterocycles. The van der Waals surface area contributed by atoms with E-state index in [4.69, 9.17) is 11.6 Å². The number of carbonyl (C=O) groups is 2. The number of hydrogen-bond acceptors (Lipinski definition) is 5. The van der Waals surface area contributed by atoms with Crippen molar-refractivity contribution in [1.29, 1.82) is 0 Å². The van der Waals surface area contributed by atoms with Crippen molar-refractivity contribution in [3.8, 4) is 0 Å². The van der Waals surface area contributed by atoms with E-state index in [0.29, 0.717) is 42.3 Å². The lowest BCUT2D eigenvalue weighted by atomic mass is 10.1. The molecule has 0 radical (unpaired) electrons. The molecule has 176 valence electrons. The van der Waals surface area contributed by atoms with Crippen molar-refractivity contribution in [2.75, 3.05) is 48.5 Å². The standard InChI is InChI=1S/C24H23ClN4O4S/c25-18-6-3-7-19(14-18)27-10-12-28(13-11-27)23(31)15-26-22(30)16-29-20-8-1-4-17-5-2-9-21(24(17)20)34(29,32)33/h1-9,14H,10-13,15-16H2,(H,26,30). The molecule has 0 bridgehead atoms. The lowest BCUT2D eigenvalue weighted by molar-refractivity contribution is -0.132. The molecule has 2 aliphatic heterocycles. The Labute approximate surface area is 202 Å². The van der Waals surface area contributed by atoms with Crippen molar-refractivity contribution < 1.29 is 18.0 Å². The van der Waals surface area contributed by atoms with E-state index in [0.717, 1.165) is 15.4 Å². The van der Waals surface area contributed by atoms with E-state index in [1.807, 2.05) is 36.4 Å². The summed E-state index contributed by atoms with van der Waals surface area (Å²) in [5, 5.41) is 4.67. The summed E-state index contributed by atoms with van der Waals surface area (Å²) in [6, 6.07) is 18.0. The van der Waals surface area contributed by atoms with Crippen molar-refractivity contribution in [2.24, 2.45) is 0 Å². The Morgan fingerprint density at radius 2 is 1.65 bits per heavy atom. The smallest absolute Gasteiger partial charge is 0.265 e. The maximum absolute atomic E-state index is 13.0. The summed E-state index contributed by atoms with van der Waals surface area (Å²) in [5.74, 6) is -0.729. The highest BCUT2D eigenvalue weighted by Gasteiger charge is 2.36. The molecule has 1 saturated heterocycles. The minimum atomic E-state index is -3.83. The topological polar surface area (TPSA) is 90.0 Å². The van der Waals surface area contributed by atoms with Crippen LogP contribution in [0.25, 0.3) is 10.8 Å². The van der Waals surface area contributed by atoms with Crippen molar-refractivity contribution in [1.82, 2.24) is 10.2 Å². The van der Waals surface area contributed by atoms with Crippen LogP contribution in [-0.2, 0) is 19.6 Å². The summed E-state index contributed by atoms with van der Waals surface area (Å²) in [6.07, 6.45) is 0. The molecule has 2 aliphatic rings. The predicted octanol–water partition coefficient (Wildman–Crippen LogP) is 2.47. The number of piperazine rings is 1. The van der Waals surface area contributed by atoms with Gasteiger partial charge in [-0.25, -0.2) is 8.42 Å². The summed E-state index contributed by atoms with van der Waals surface area (Å²) in [6.45, 7) is 1.81. The van der Waals surface area contributed by atoms with Crippen molar-refractivity contribution >= 4 is 55.6 Å². The molecule has 0 atom stereocenters. The van der Waals surface area contributed by atoms with Gasteiger partial charge in [-0.3, -0.25) is 13.9 Å². The largest absolute Gasteiger partial charge is 0.368 e. The molecule has 2 amide bonds. The van der Waals surface area contributed by atoms with Gasteiger partial charge in [0.1, 0.15) is 6.54 Å². The van der Waals surface area contributed by atoms with Gasteiger partial charge in [0.15, 0.2) is 0 Å². The van der Waals surface area contributed by atoms with Gasteiger partial charge < -0.3 is 15.1 Å². The van der Waals surface area contributed by atoms with Gasteiger partial charge in [-0.2, -0.15) is 0 Å². The number of anilines is 2. The van der Waals surface area contributed by atoms with E-state index in [1.165, 1.54) is 0 Å². The first kappa shape index (κ1) is 22.5. The van der Waals surface area contributed by atoms with Gasteiger partial charge in [0.25, 0.3) is 10.0 Å². The number of rotatable bonds is 5. The molecule has 3 aromatic rings. The van der Waals surface area contributed by atoms with Gasteiger partial charge in [-0.05, 0) is 35.7 Å². The molecule has 0 aromatic heterocycles. The Morgan fingerprint density at radius 3 is 2.38 bits per heavy atom. The number of halogens is 1. The maximum atomic E-state index is 13.0. The van der Waals surface area contributed by atoms with Crippen LogP contribution in [0.2, 0.25) is 5.02 Å². The Bertz CT molecular complexity index is 1380. The fourth-order valence-corrected chi connectivity index (χ4v) is 6.34. The highest BCUT2D eigenvalue weighted by Crippen LogP contribution is 2.41. The van der Waals surface area contributed by atoms with Crippen LogP contribution in [0, 0.1) is 0 Å². The van der Waals surface area contributed by atoms with Gasteiger partial charge in [-0.15, -0.1) is 0 Å². The molecule has 34 heavy (non-hydrogen) atoms. The molecule has 0 saturated carbocycles. The molecule has 0 unspecified atom stereocenters. The first-order chi connectivity index (χ1) is 16.3. The fraction of sp³-hybridized carbons (Fsp3) is 0.250. The zero-order valence-corrected chi connectivity index (χ0v) is 19.8. The van der Waals surface area contributed by atoms with Gasteiger partial charge in [0, 0.05) is 42.3 Å². The van der Waals surface area contributed by atoms with Crippen LogP contribution in [-0.4, -0.2) is 64.4 Å². The number of hydrogen-bond donors (Lipinski definition) is 1. The summed E-state index contributed by atoms with van der Waals surface area (Å²) < 4.78 is 27.1. The molecular weight excluding hydrogens is 476 g/mol. The van der Waals surface area contributed by atoms with Gasteiger partial charge in [0.2, 0.25) is 11.8 Å². The molecule has 3 aromatic carbocycles. The quantitative estimate of drug-likeness (QED) is 0.583. The van der Waals surface area contributed by atoms with Crippen LogP contribution in [0.5, 0.6) is 0 Å². The van der Waals surface area contributed by atoms with Crippen LogP contribution >= 0.6 is 11.6 Å². The van der Waals surface area contributed by atoms with Gasteiger partial charge >= 0.3 is 0 Å². The van der Waals surface area contributed by atoms with Gasteiger partial charge in [-0.1, -0.05) is 41.9 Å². The number of benzene rings is 3. The van der Waals surface area contributed by atoms with E-state index in [9.17, 15) is 18.0 Å². The lowest BCUT2D eigenvalue weighted by Crippen LogP contribution is -2.51. The molecule has 5 rings (SSSR count). The number of nitrogens with zero attached hydrogens (tertiary/aromatic N) is 3. The zero-order chi connectivity index (χ0) is 23.9. The minimum absolute atomic E-state index is 0.180. The number of amides is 2. The Hall–Kier alpha value is -3.30. The monoisotopic (exact) mass is 498 g/mol. The second-order valence-corrected chi connectivity index (χ2v) is 10.5. The third-order valence-corrected chi connectivity index (χ3v) is 8.25. The Balaban J connectivity index is 1.17. The summed E-state index contributed by atoms with van der Waals surface area (Å²) in [5.41, 5.74) is 1.49. The second-order valence-electron chi connectivity index (χ2n) is 8.27. The van der Waals surface area contributed by atoms with E-state index >= 15 is 0 Å². The van der Waals surface area contributed by atoms with Crippen LogP contribution in [0.1, 0.15) is 0 Å². The van der Waals surface area contributed by atoms with Crippen molar-refractivity contribution in [3.63, 3.8) is 0 Å². The number of sulfonamides is 1. The zero-order valence-electron chi connectivity index (χ0n) is 18.3. The average Bonchev–Trinajstić information content (AvgIpc) is 3.06. The normalized spacial score (nSPS) is 16.7. The first-order valence-electron chi connectivity index (χ1n) is 10.9. The van der Waals surface area contributed by atoms with E-state index < -0.39 is 15.9 Å². The van der Waals surface area contributed by atoms with Crippen LogP contribution < -0.4 is 14.5 Å². The molecule has 8 nitrogen and oxygen atoms in total. The highest BCUT2D eigenvalue weighted by atomic mass is 35.5. The fourth-order valence-electron chi connectivity index (χ4n) is 4.49. The average molecular weight is 499 g/mol. The predicted molar refractivity (Wildman–Crippen MR) is 132 cm³/mol. The van der Waals surface area contributed by atoms with Crippen LogP contribution in [0.15, 0.2) is 65.6 Å². The summed E-state index contributed by atoms with van der Waals surface area (Å²) in [4.78, 5) is 29.3. The van der Waals surface area contributed by atoms with Crippen molar-refractivity contribution in [2.45, 2.75) is 4.90 Å². The highest BCUT2D eigenvalue weighted by molar-refractivity contribution is 7.93. The second kappa shape index (κ2) is 8.81.